The largest absolute Gasteiger partial charge is 0.347 e. The van der Waals surface area contributed by atoms with Gasteiger partial charge in [0.15, 0.2) is 11.6 Å². The summed E-state index contributed by atoms with van der Waals surface area (Å²) in [5, 5.41) is 2.87. The fraction of sp³-hybridized carbons (Fsp3) is 0.278. The molecule has 0 fully saturated rings. The van der Waals surface area contributed by atoms with E-state index in [4.69, 9.17) is 0 Å². The highest BCUT2D eigenvalue weighted by molar-refractivity contribution is 7.92. The summed E-state index contributed by atoms with van der Waals surface area (Å²) < 4.78 is 52.9. The molecule has 8 heteroatoms. The van der Waals surface area contributed by atoms with Crippen molar-refractivity contribution in [3.05, 3.63) is 59.7 Å². The Morgan fingerprint density at radius 3 is 2.19 bits per heavy atom. The van der Waals surface area contributed by atoms with E-state index in [0.29, 0.717) is 11.6 Å². The first-order valence-corrected chi connectivity index (χ1v) is 9.43. The van der Waals surface area contributed by atoms with Crippen molar-refractivity contribution in [3.8, 4) is 0 Å². The van der Waals surface area contributed by atoms with Crippen molar-refractivity contribution in [3.63, 3.8) is 0 Å². The second-order valence-corrected chi connectivity index (χ2v) is 8.13. The van der Waals surface area contributed by atoms with Crippen LogP contribution in [0.5, 0.6) is 0 Å². The zero-order chi connectivity index (χ0) is 19.5. The molecule has 0 bridgehead atoms. The van der Waals surface area contributed by atoms with Crippen LogP contribution in [0.2, 0.25) is 0 Å². The molecule has 26 heavy (non-hydrogen) atoms. The number of amides is 1. The maximum Gasteiger partial charge on any atom is 0.261 e. The molecule has 0 unspecified atom stereocenters. The molecular weight excluding hydrogens is 362 g/mol. The third kappa shape index (κ3) is 4.78. The number of hydrogen-bond donors (Lipinski definition) is 2. The summed E-state index contributed by atoms with van der Waals surface area (Å²) in [6, 6.07) is 8.11. The van der Waals surface area contributed by atoms with Gasteiger partial charge < -0.3 is 5.32 Å². The third-order valence-corrected chi connectivity index (χ3v) is 5.32. The number of rotatable bonds is 6. The minimum absolute atomic E-state index is 0.195. The smallest absolute Gasteiger partial charge is 0.261 e. The molecule has 2 aromatic rings. The third-order valence-electron chi connectivity index (χ3n) is 3.94. The van der Waals surface area contributed by atoms with Gasteiger partial charge in [0.25, 0.3) is 15.9 Å². The molecule has 0 radical (unpaired) electrons. The summed E-state index contributed by atoms with van der Waals surface area (Å²) in [4.78, 5) is 11.8. The molecule has 0 aliphatic carbocycles. The van der Waals surface area contributed by atoms with E-state index in [2.05, 4.69) is 10.0 Å². The summed E-state index contributed by atoms with van der Waals surface area (Å²) >= 11 is 0. The molecule has 140 valence electrons. The first-order valence-electron chi connectivity index (χ1n) is 7.94. The number of carbonyl (C=O) groups excluding carboxylic acids is 1. The van der Waals surface area contributed by atoms with Crippen LogP contribution in [0.3, 0.4) is 0 Å². The van der Waals surface area contributed by atoms with Crippen molar-refractivity contribution >= 4 is 21.6 Å². The van der Waals surface area contributed by atoms with Crippen LogP contribution in [0.15, 0.2) is 47.4 Å². The predicted molar refractivity (Wildman–Crippen MR) is 95.4 cm³/mol. The Bertz CT molecular complexity index is 911. The Morgan fingerprint density at radius 2 is 1.65 bits per heavy atom. The molecule has 2 aromatic carbocycles. The number of sulfonamides is 1. The average molecular weight is 382 g/mol. The van der Waals surface area contributed by atoms with Crippen molar-refractivity contribution in [2.24, 2.45) is 0 Å². The van der Waals surface area contributed by atoms with Crippen LogP contribution in [0, 0.1) is 11.6 Å². The van der Waals surface area contributed by atoms with Crippen LogP contribution >= 0.6 is 0 Å². The van der Waals surface area contributed by atoms with Crippen LogP contribution in [0.4, 0.5) is 14.5 Å². The van der Waals surface area contributed by atoms with Crippen molar-refractivity contribution in [2.75, 3.05) is 4.72 Å². The zero-order valence-corrected chi connectivity index (χ0v) is 15.5. The molecule has 0 aromatic heterocycles. The predicted octanol–water partition coefficient (Wildman–Crippen LogP) is 3.68. The Hall–Kier alpha value is -2.48. The standard InChI is InChI=1S/C18H20F2N2O3S/c1-4-18(2,3)21-17(23)12-5-7-13(8-6-12)22-26(24,25)14-9-10-15(19)16(20)11-14/h5-11,22H,4H2,1-3H3,(H,21,23). The van der Waals surface area contributed by atoms with Gasteiger partial charge >= 0.3 is 0 Å². The van der Waals surface area contributed by atoms with E-state index in [1.165, 1.54) is 24.3 Å². The molecular formula is C18H20F2N2O3S. The zero-order valence-electron chi connectivity index (χ0n) is 14.6. The van der Waals surface area contributed by atoms with Gasteiger partial charge in [0.1, 0.15) is 0 Å². The van der Waals surface area contributed by atoms with Crippen molar-refractivity contribution in [1.29, 1.82) is 0 Å². The van der Waals surface area contributed by atoms with Gasteiger partial charge in [0, 0.05) is 16.8 Å². The molecule has 0 aliphatic rings. The highest BCUT2D eigenvalue weighted by Gasteiger charge is 2.20. The van der Waals surface area contributed by atoms with E-state index in [9.17, 15) is 22.0 Å². The van der Waals surface area contributed by atoms with Gasteiger partial charge in [0.2, 0.25) is 0 Å². The normalized spacial score (nSPS) is 11.9. The van der Waals surface area contributed by atoms with E-state index in [1.54, 1.807) is 0 Å². The summed E-state index contributed by atoms with van der Waals surface area (Å²) in [7, 11) is -4.08. The lowest BCUT2D eigenvalue weighted by atomic mass is 10.0. The molecule has 2 rings (SSSR count). The summed E-state index contributed by atoms with van der Waals surface area (Å²) in [5.41, 5.74) is 0.215. The molecule has 0 heterocycles. The number of hydrogen-bond acceptors (Lipinski definition) is 3. The lowest BCUT2D eigenvalue weighted by Gasteiger charge is -2.24. The maximum absolute atomic E-state index is 13.2. The van der Waals surface area contributed by atoms with Crippen molar-refractivity contribution < 1.29 is 22.0 Å². The molecule has 2 N–H and O–H groups in total. The van der Waals surface area contributed by atoms with E-state index < -0.39 is 26.6 Å². The van der Waals surface area contributed by atoms with Crippen LogP contribution in [-0.2, 0) is 10.0 Å². The SMILES string of the molecule is CCC(C)(C)NC(=O)c1ccc(NS(=O)(=O)c2ccc(F)c(F)c2)cc1. The van der Waals surface area contributed by atoms with Crippen LogP contribution < -0.4 is 10.0 Å². The van der Waals surface area contributed by atoms with Gasteiger partial charge in [-0.3, -0.25) is 9.52 Å². The molecule has 0 aliphatic heterocycles. The number of benzene rings is 2. The summed E-state index contributed by atoms with van der Waals surface area (Å²) in [5.74, 6) is -2.65. The first kappa shape index (κ1) is 19.8. The van der Waals surface area contributed by atoms with Gasteiger partial charge in [-0.1, -0.05) is 6.92 Å². The molecule has 0 spiro atoms. The molecule has 0 saturated carbocycles. The van der Waals surface area contributed by atoms with Crippen molar-refractivity contribution in [1.82, 2.24) is 5.32 Å². The van der Waals surface area contributed by atoms with E-state index in [0.717, 1.165) is 18.6 Å². The van der Waals surface area contributed by atoms with Crippen LogP contribution in [0.1, 0.15) is 37.6 Å². The molecule has 1 amide bonds. The van der Waals surface area contributed by atoms with Gasteiger partial charge in [-0.05, 0) is 62.7 Å². The average Bonchev–Trinajstić information content (AvgIpc) is 2.57. The number of anilines is 1. The second kappa shape index (κ2) is 7.41. The van der Waals surface area contributed by atoms with Crippen LogP contribution in [-0.4, -0.2) is 19.9 Å². The monoisotopic (exact) mass is 382 g/mol. The Labute approximate surface area is 151 Å². The maximum atomic E-state index is 13.2. The topological polar surface area (TPSA) is 75.3 Å². The number of nitrogens with one attached hydrogen (secondary N) is 2. The Kier molecular flexibility index (Phi) is 5.65. The Balaban J connectivity index is 2.15. The highest BCUT2D eigenvalue weighted by Crippen LogP contribution is 2.19. The van der Waals surface area contributed by atoms with Gasteiger partial charge in [-0.2, -0.15) is 0 Å². The van der Waals surface area contributed by atoms with Gasteiger partial charge in [-0.15, -0.1) is 0 Å². The number of halogens is 2. The molecule has 0 saturated heterocycles. The lowest BCUT2D eigenvalue weighted by molar-refractivity contribution is 0.0911. The quantitative estimate of drug-likeness (QED) is 0.800. The van der Waals surface area contributed by atoms with E-state index in [1.807, 2.05) is 20.8 Å². The van der Waals surface area contributed by atoms with E-state index >= 15 is 0 Å². The fourth-order valence-electron chi connectivity index (χ4n) is 2.02. The van der Waals surface area contributed by atoms with Gasteiger partial charge in [-0.25, -0.2) is 17.2 Å². The summed E-state index contributed by atoms with van der Waals surface area (Å²) in [6.45, 7) is 5.75. The summed E-state index contributed by atoms with van der Waals surface area (Å²) in [6.07, 6.45) is 0.755. The Morgan fingerprint density at radius 1 is 1.04 bits per heavy atom. The minimum atomic E-state index is -4.08. The van der Waals surface area contributed by atoms with Crippen molar-refractivity contribution in [2.45, 2.75) is 37.6 Å². The number of carbonyl (C=O) groups is 1. The van der Waals surface area contributed by atoms with Gasteiger partial charge in [0.05, 0.1) is 4.90 Å². The fourth-order valence-corrected chi connectivity index (χ4v) is 3.09. The molecule has 0 atom stereocenters. The highest BCUT2D eigenvalue weighted by atomic mass is 32.2. The van der Waals surface area contributed by atoms with Crippen LogP contribution in [0.25, 0.3) is 0 Å². The van der Waals surface area contributed by atoms with E-state index in [-0.39, 0.29) is 17.1 Å². The lowest BCUT2D eigenvalue weighted by Crippen LogP contribution is -2.42. The molecule has 5 nitrogen and oxygen atoms in total. The first-order chi connectivity index (χ1) is 12.0. The minimum Gasteiger partial charge on any atom is -0.347 e. The second-order valence-electron chi connectivity index (χ2n) is 6.45.